The SMILES string of the molecule is CCNC(=O)N(Cc1c(C(C)C)nn(-c2ccccc2)c1N(C)C)C1CC1. The zero-order valence-electron chi connectivity index (χ0n) is 17.1. The molecule has 1 aromatic heterocycles. The highest BCUT2D eigenvalue weighted by Gasteiger charge is 2.35. The normalized spacial score (nSPS) is 13.7. The minimum atomic E-state index is 0.0203. The summed E-state index contributed by atoms with van der Waals surface area (Å²) < 4.78 is 2.01. The molecule has 3 rings (SSSR count). The molecule has 6 heteroatoms. The molecule has 146 valence electrons. The van der Waals surface area contributed by atoms with Crippen molar-refractivity contribution in [2.45, 2.75) is 52.1 Å². The highest BCUT2D eigenvalue weighted by molar-refractivity contribution is 5.75. The van der Waals surface area contributed by atoms with Gasteiger partial charge in [-0.15, -0.1) is 0 Å². The molecular weight excluding hydrogens is 338 g/mol. The van der Waals surface area contributed by atoms with Gasteiger partial charge in [-0.3, -0.25) is 0 Å². The summed E-state index contributed by atoms with van der Waals surface area (Å²) in [5.41, 5.74) is 3.22. The van der Waals surface area contributed by atoms with Gasteiger partial charge in [-0.25, -0.2) is 9.48 Å². The molecule has 0 radical (unpaired) electrons. The Morgan fingerprint density at radius 2 is 1.93 bits per heavy atom. The summed E-state index contributed by atoms with van der Waals surface area (Å²) in [6.07, 6.45) is 2.16. The summed E-state index contributed by atoms with van der Waals surface area (Å²) in [5, 5.41) is 7.93. The van der Waals surface area contributed by atoms with Gasteiger partial charge in [0.25, 0.3) is 0 Å². The molecule has 27 heavy (non-hydrogen) atoms. The minimum absolute atomic E-state index is 0.0203. The number of amides is 2. The van der Waals surface area contributed by atoms with Crippen molar-refractivity contribution in [1.29, 1.82) is 0 Å². The molecule has 1 fully saturated rings. The predicted molar refractivity (Wildman–Crippen MR) is 110 cm³/mol. The largest absolute Gasteiger partial charge is 0.362 e. The fraction of sp³-hybridized carbons (Fsp3) is 0.524. The average molecular weight is 370 g/mol. The molecule has 0 atom stereocenters. The predicted octanol–water partition coefficient (Wildman–Crippen LogP) is 3.76. The van der Waals surface area contributed by atoms with Crippen LogP contribution in [0.5, 0.6) is 0 Å². The molecule has 1 aliphatic rings. The Labute approximate surface area is 162 Å². The number of benzene rings is 1. The van der Waals surface area contributed by atoms with E-state index in [2.05, 4.69) is 36.2 Å². The Hall–Kier alpha value is -2.50. The molecule has 6 nitrogen and oxygen atoms in total. The van der Waals surface area contributed by atoms with Gasteiger partial charge in [0.15, 0.2) is 0 Å². The van der Waals surface area contributed by atoms with Crippen LogP contribution >= 0.6 is 0 Å². The fourth-order valence-electron chi connectivity index (χ4n) is 3.46. The van der Waals surface area contributed by atoms with Crippen LogP contribution in [0.25, 0.3) is 5.69 Å². The Morgan fingerprint density at radius 1 is 1.26 bits per heavy atom. The second-order valence-electron chi connectivity index (χ2n) is 7.68. The van der Waals surface area contributed by atoms with E-state index in [4.69, 9.17) is 5.10 Å². The number of urea groups is 1. The van der Waals surface area contributed by atoms with Crippen molar-refractivity contribution >= 4 is 11.8 Å². The number of anilines is 1. The Kier molecular flexibility index (Phi) is 5.73. The van der Waals surface area contributed by atoms with Gasteiger partial charge < -0.3 is 15.1 Å². The lowest BCUT2D eigenvalue weighted by molar-refractivity contribution is 0.192. The molecule has 0 bridgehead atoms. The van der Waals surface area contributed by atoms with Crippen molar-refractivity contribution in [2.24, 2.45) is 0 Å². The highest BCUT2D eigenvalue weighted by Crippen LogP contribution is 2.35. The molecule has 1 aromatic carbocycles. The summed E-state index contributed by atoms with van der Waals surface area (Å²) in [4.78, 5) is 16.7. The van der Waals surface area contributed by atoms with E-state index in [0.29, 0.717) is 19.1 Å². The van der Waals surface area contributed by atoms with Crippen LogP contribution in [0.15, 0.2) is 30.3 Å². The number of rotatable bonds is 7. The third kappa shape index (κ3) is 4.10. The first-order chi connectivity index (χ1) is 12.9. The Bertz CT molecular complexity index is 777. The molecule has 1 aliphatic carbocycles. The van der Waals surface area contributed by atoms with Gasteiger partial charge in [-0.05, 0) is 37.8 Å². The van der Waals surface area contributed by atoms with Gasteiger partial charge in [0.05, 0.1) is 17.9 Å². The topological polar surface area (TPSA) is 53.4 Å². The van der Waals surface area contributed by atoms with E-state index in [-0.39, 0.29) is 11.9 Å². The molecule has 1 saturated carbocycles. The van der Waals surface area contributed by atoms with Crippen LogP contribution < -0.4 is 10.2 Å². The van der Waals surface area contributed by atoms with Crippen LogP contribution in [0.2, 0.25) is 0 Å². The van der Waals surface area contributed by atoms with Crippen LogP contribution in [-0.2, 0) is 6.54 Å². The van der Waals surface area contributed by atoms with Crippen molar-refractivity contribution in [3.8, 4) is 5.69 Å². The first kappa shape index (κ1) is 19.3. The number of nitrogens with one attached hydrogen (secondary N) is 1. The van der Waals surface area contributed by atoms with Crippen LogP contribution in [-0.4, -0.2) is 47.4 Å². The zero-order valence-corrected chi connectivity index (χ0v) is 17.1. The lowest BCUT2D eigenvalue weighted by atomic mass is 10.0. The molecule has 0 unspecified atom stereocenters. The van der Waals surface area contributed by atoms with Crippen molar-refractivity contribution in [2.75, 3.05) is 25.5 Å². The van der Waals surface area contributed by atoms with Gasteiger partial charge in [-0.1, -0.05) is 32.0 Å². The number of hydrogen-bond donors (Lipinski definition) is 1. The lowest BCUT2D eigenvalue weighted by Crippen LogP contribution is -2.41. The van der Waals surface area contributed by atoms with E-state index >= 15 is 0 Å². The smallest absolute Gasteiger partial charge is 0.317 e. The number of hydrogen-bond acceptors (Lipinski definition) is 3. The second-order valence-corrected chi connectivity index (χ2v) is 7.68. The third-order valence-corrected chi connectivity index (χ3v) is 4.86. The standard InChI is InChI=1S/C21H31N5O/c1-6-22-21(27)25(16-12-13-16)14-18-19(15(2)3)23-26(20(18)24(4)5)17-10-8-7-9-11-17/h7-11,15-16H,6,12-14H2,1-5H3,(H,22,27). The maximum Gasteiger partial charge on any atom is 0.317 e. The summed E-state index contributed by atoms with van der Waals surface area (Å²) in [5.74, 6) is 1.32. The van der Waals surface area contributed by atoms with E-state index in [9.17, 15) is 4.79 Å². The first-order valence-corrected chi connectivity index (χ1v) is 9.83. The zero-order chi connectivity index (χ0) is 19.6. The third-order valence-electron chi connectivity index (χ3n) is 4.86. The number of nitrogens with zero attached hydrogens (tertiary/aromatic N) is 4. The van der Waals surface area contributed by atoms with Gasteiger partial charge in [-0.2, -0.15) is 5.10 Å². The molecule has 0 spiro atoms. The molecule has 2 amide bonds. The molecule has 1 heterocycles. The molecular formula is C21H31N5O. The number of carbonyl (C=O) groups excluding carboxylic acids is 1. The summed E-state index contributed by atoms with van der Waals surface area (Å²) >= 11 is 0. The minimum Gasteiger partial charge on any atom is -0.362 e. The summed E-state index contributed by atoms with van der Waals surface area (Å²) in [6, 6.07) is 10.6. The Balaban J connectivity index is 2.07. The van der Waals surface area contributed by atoms with Crippen LogP contribution in [0.3, 0.4) is 0 Å². The first-order valence-electron chi connectivity index (χ1n) is 9.83. The second kappa shape index (κ2) is 8.03. The van der Waals surface area contributed by atoms with Gasteiger partial charge in [0.1, 0.15) is 5.82 Å². The van der Waals surface area contributed by atoms with Crippen molar-refractivity contribution in [3.05, 3.63) is 41.6 Å². The number of aromatic nitrogens is 2. The maximum absolute atomic E-state index is 12.6. The van der Waals surface area contributed by atoms with E-state index in [1.54, 1.807) is 0 Å². The van der Waals surface area contributed by atoms with Crippen LogP contribution in [0.1, 0.15) is 50.8 Å². The summed E-state index contributed by atoms with van der Waals surface area (Å²) in [7, 11) is 4.08. The summed E-state index contributed by atoms with van der Waals surface area (Å²) in [6.45, 7) is 7.51. The van der Waals surface area contributed by atoms with Crippen molar-refractivity contribution < 1.29 is 4.79 Å². The van der Waals surface area contributed by atoms with Crippen LogP contribution in [0, 0.1) is 0 Å². The molecule has 0 aliphatic heterocycles. The van der Waals surface area contributed by atoms with E-state index in [1.165, 1.54) is 0 Å². The number of para-hydroxylation sites is 1. The quantitative estimate of drug-likeness (QED) is 0.809. The van der Waals surface area contributed by atoms with E-state index in [1.807, 2.05) is 48.8 Å². The van der Waals surface area contributed by atoms with Gasteiger partial charge >= 0.3 is 6.03 Å². The van der Waals surface area contributed by atoms with E-state index in [0.717, 1.165) is 35.6 Å². The van der Waals surface area contributed by atoms with Crippen LogP contribution in [0.4, 0.5) is 10.6 Å². The van der Waals surface area contributed by atoms with Crippen molar-refractivity contribution in [1.82, 2.24) is 20.0 Å². The fourth-order valence-corrected chi connectivity index (χ4v) is 3.46. The molecule has 2 aromatic rings. The molecule has 0 saturated heterocycles. The molecule has 1 N–H and O–H groups in total. The Morgan fingerprint density at radius 3 is 2.44 bits per heavy atom. The maximum atomic E-state index is 12.6. The van der Waals surface area contributed by atoms with Gasteiger partial charge in [0.2, 0.25) is 0 Å². The van der Waals surface area contributed by atoms with E-state index < -0.39 is 0 Å². The van der Waals surface area contributed by atoms with Crippen molar-refractivity contribution in [3.63, 3.8) is 0 Å². The highest BCUT2D eigenvalue weighted by atomic mass is 16.2. The lowest BCUT2D eigenvalue weighted by Gasteiger charge is -2.25. The monoisotopic (exact) mass is 369 g/mol. The average Bonchev–Trinajstić information content (AvgIpc) is 3.39. The number of carbonyl (C=O) groups is 1. The van der Waals surface area contributed by atoms with Gasteiger partial charge in [0, 0.05) is 32.2 Å².